The number of ether oxygens (including phenoxy) is 1. The Morgan fingerprint density at radius 1 is 0.778 bits per heavy atom. The molecule has 2 rings (SSSR count). The summed E-state index contributed by atoms with van der Waals surface area (Å²) >= 11 is 0. The molecule has 0 aromatic heterocycles. The van der Waals surface area contributed by atoms with E-state index in [0.717, 1.165) is 44.2 Å². The molecule has 2 aliphatic rings. The fraction of sp³-hybridized carbons (Fsp3) is 1.00. The number of rotatable bonds is 7. The largest absolute Gasteiger partial charge is 0.379 e. The van der Waals surface area contributed by atoms with Gasteiger partial charge in [-0.2, -0.15) is 0 Å². The molecule has 0 spiro atoms. The van der Waals surface area contributed by atoms with Gasteiger partial charge in [0.25, 0.3) is 0 Å². The van der Waals surface area contributed by atoms with Crippen molar-refractivity contribution >= 4 is 0 Å². The van der Waals surface area contributed by atoms with Gasteiger partial charge in [0.05, 0.1) is 13.2 Å². The Balaban J connectivity index is 0.000000271. The van der Waals surface area contributed by atoms with Gasteiger partial charge in [-0.1, -0.05) is 41.5 Å². The van der Waals surface area contributed by atoms with Gasteiger partial charge >= 0.3 is 0 Å². The molecule has 0 aliphatic carbocycles. The molecule has 27 heavy (non-hydrogen) atoms. The molecule has 0 aromatic rings. The minimum Gasteiger partial charge on any atom is -0.379 e. The summed E-state index contributed by atoms with van der Waals surface area (Å²) in [5.41, 5.74) is 0.428. The first-order valence-corrected chi connectivity index (χ1v) is 11.4. The molecule has 0 saturated carbocycles. The summed E-state index contributed by atoms with van der Waals surface area (Å²) in [6, 6.07) is 0.724. The van der Waals surface area contributed by atoms with Crippen LogP contribution < -0.4 is 0 Å². The molecular weight excluding hydrogens is 334 g/mol. The van der Waals surface area contributed by atoms with Gasteiger partial charge in [0, 0.05) is 51.9 Å². The minimum absolute atomic E-state index is 0.428. The third-order valence-electron chi connectivity index (χ3n) is 6.46. The fourth-order valence-corrected chi connectivity index (χ4v) is 3.46. The van der Waals surface area contributed by atoms with Crippen molar-refractivity contribution in [2.75, 3.05) is 65.6 Å². The molecule has 2 heterocycles. The van der Waals surface area contributed by atoms with Crippen LogP contribution in [0, 0.1) is 17.3 Å². The van der Waals surface area contributed by atoms with E-state index in [9.17, 15) is 0 Å². The average molecular weight is 384 g/mol. The average Bonchev–Trinajstić information content (AvgIpc) is 2.61. The molecule has 0 N–H and O–H groups in total. The van der Waals surface area contributed by atoms with E-state index in [2.05, 4.69) is 70.1 Å². The first-order chi connectivity index (χ1) is 12.6. The summed E-state index contributed by atoms with van der Waals surface area (Å²) in [6.45, 7) is 30.1. The first-order valence-electron chi connectivity index (χ1n) is 11.4. The van der Waals surface area contributed by atoms with Gasteiger partial charge in [0.1, 0.15) is 0 Å². The second-order valence-corrected chi connectivity index (χ2v) is 10.2. The van der Waals surface area contributed by atoms with Crippen molar-refractivity contribution in [2.24, 2.45) is 17.3 Å². The van der Waals surface area contributed by atoms with Crippen molar-refractivity contribution < 1.29 is 4.74 Å². The summed E-state index contributed by atoms with van der Waals surface area (Å²) in [6.07, 6.45) is 1.35. The Bertz CT molecular complexity index is 368. The van der Waals surface area contributed by atoms with Crippen LogP contribution in [0.4, 0.5) is 0 Å². The summed E-state index contributed by atoms with van der Waals surface area (Å²) < 4.78 is 5.33. The van der Waals surface area contributed by atoms with E-state index >= 15 is 0 Å². The van der Waals surface area contributed by atoms with Gasteiger partial charge in [-0.3, -0.25) is 9.80 Å². The quantitative estimate of drug-likeness (QED) is 0.660. The second-order valence-electron chi connectivity index (χ2n) is 10.2. The van der Waals surface area contributed by atoms with Crippen molar-refractivity contribution in [1.82, 2.24) is 14.7 Å². The fourth-order valence-electron chi connectivity index (χ4n) is 3.46. The Hall–Kier alpha value is -0.160. The summed E-state index contributed by atoms with van der Waals surface area (Å²) in [5.74, 6) is 1.59. The van der Waals surface area contributed by atoms with E-state index in [1.54, 1.807) is 0 Å². The topological polar surface area (TPSA) is 19.0 Å². The van der Waals surface area contributed by atoms with E-state index in [1.807, 2.05) is 0 Å². The summed E-state index contributed by atoms with van der Waals surface area (Å²) in [4.78, 5) is 7.70. The zero-order valence-corrected chi connectivity index (χ0v) is 19.8. The highest BCUT2D eigenvalue weighted by Crippen LogP contribution is 2.27. The SMILES string of the molecule is CC(C)C(C)(C)CN1CCOCC1.CC(C)CCN1CCN(C(C)C)CC1. The van der Waals surface area contributed by atoms with Crippen LogP contribution in [0.3, 0.4) is 0 Å². The lowest BCUT2D eigenvalue weighted by molar-refractivity contribution is 0.0137. The molecule has 0 aromatic carbocycles. The monoisotopic (exact) mass is 383 g/mol. The molecular formula is C23H49N3O. The Kier molecular flexibility index (Phi) is 11.4. The van der Waals surface area contributed by atoms with Gasteiger partial charge in [0.2, 0.25) is 0 Å². The van der Waals surface area contributed by atoms with E-state index in [-0.39, 0.29) is 0 Å². The van der Waals surface area contributed by atoms with Crippen LogP contribution in [-0.4, -0.2) is 86.3 Å². The maximum absolute atomic E-state index is 5.33. The predicted molar refractivity (Wildman–Crippen MR) is 118 cm³/mol. The van der Waals surface area contributed by atoms with Gasteiger partial charge in [-0.25, -0.2) is 0 Å². The standard InChI is InChI=1S/C12H26N2.C11H23NO/c1-11(2)5-6-13-7-9-14(10-8-13)12(3)4;1-10(2)11(3,4)9-12-5-7-13-8-6-12/h11-12H,5-10H2,1-4H3;10H,5-9H2,1-4H3. The first kappa shape index (κ1) is 24.9. The lowest BCUT2D eigenvalue weighted by Gasteiger charge is -2.37. The highest BCUT2D eigenvalue weighted by Gasteiger charge is 2.26. The molecule has 0 radical (unpaired) electrons. The number of nitrogens with zero attached hydrogens (tertiary/aromatic N) is 3. The third kappa shape index (κ3) is 10.3. The Labute approximate surface area is 170 Å². The predicted octanol–water partition coefficient (Wildman–Crippen LogP) is 4.06. The van der Waals surface area contributed by atoms with Crippen molar-refractivity contribution in [3.8, 4) is 0 Å². The Morgan fingerprint density at radius 3 is 1.78 bits per heavy atom. The molecule has 0 atom stereocenters. The van der Waals surface area contributed by atoms with Crippen LogP contribution in [0.15, 0.2) is 0 Å². The lowest BCUT2D eigenvalue weighted by Crippen LogP contribution is -2.49. The van der Waals surface area contributed by atoms with Crippen molar-refractivity contribution in [3.63, 3.8) is 0 Å². The van der Waals surface area contributed by atoms with Crippen LogP contribution in [0.1, 0.15) is 61.8 Å². The zero-order valence-electron chi connectivity index (χ0n) is 19.8. The minimum atomic E-state index is 0.428. The molecule has 4 nitrogen and oxygen atoms in total. The van der Waals surface area contributed by atoms with Crippen LogP contribution >= 0.6 is 0 Å². The molecule has 4 heteroatoms. The van der Waals surface area contributed by atoms with Crippen molar-refractivity contribution in [3.05, 3.63) is 0 Å². The number of hydrogen-bond donors (Lipinski definition) is 0. The van der Waals surface area contributed by atoms with Crippen LogP contribution in [0.5, 0.6) is 0 Å². The molecule has 0 bridgehead atoms. The zero-order chi connectivity index (χ0) is 20.4. The van der Waals surface area contributed by atoms with Crippen molar-refractivity contribution in [1.29, 1.82) is 0 Å². The van der Waals surface area contributed by atoms with Crippen LogP contribution in [0.2, 0.25) is 0 Å². The molecule has 162 valence electrons. The normalized spacial score (nSPS) is 21.0. The smallest absolute Gasteiger partial charge is 0.0594 e. The second kappa shape index (κ2) is 12.4. The molecule has 0 amide bonds. The van der Waals surface area contributed by atoms with E-state index in [0.29, 0.717) is 5.41 Å². The maximum atomic E-state index is 5.33. The van der Waals surface area contributed by atoms with Gasteiger partial charge in [-0.15, -0.1) is 0 Å². The van der Waals surface area contributed by atoms with Gasteiger partial charge < -0.3 is 9.64 Å². The van der Waals surface area contributed by atoms with Gasteiger partial charge in [-0.05, 0) is 44.1 Å². The molecule has 0 unspecified atom stereocenters. The number of hydrogen-bond acceptors (Lipinski definition) is 4. The van der Waals surface area contributed by atoms with E-state index < -0.39 is 0 Å². The summed E-state index contributed by atoms with van der Waals surface area (Å²) in [5, 5.41) is 0. The maximum Gasteiger partial charge on any atom is 0.0594 e. The van der Waals surface area contributed by atoms with Gasteiger partial charge in [0.15, 0.2) is 0 Å². The molecule has 2 fully saturated rings. The molecule has 2 aliphatic heterocycles. The van der Waals surface area contributed by atoms with Crippen molar-refractivity contribution in [2.45, 2.75) is 67.9 Å². The summed E-state index contributed by atoms with van der Waals surface area (Å²) in [7, 11) is 0. The van der Waals surface area contributed by atoms with E-state index in [4.69, 9.17) is 4.74 Å². The van der Waals surface area contributed by atoms with Crippen LogP contribution in [0.25, 0.3) is 0 Å². The number of piperazine rings is 1. The number of morpholine rings is 1. The van der Waals surface area contributed by atoms with E-state index in [1.165, 1.54) is 45.7 Å². The molecule has 2 saturated heterocycles. The van der Waals surface area contributed by atoms with Crippen LogP contribution in [-0.2, 0) is 4.74 Å². The Morgan fingerprint density at radius 2 is 1.33 bits per heavy atom. The third-order valence-corrected chi connectivity index (χ3v) is 6.46. The lowest BCUT2D eigenvalue weighted by atomic mass is 9.80. The highest BCUT2D eigenvalue weighted by atomic mass is 16.5. The highest BCUT2D eigenvalue weighted by molar-refractivity contribution is 4.78.